The van der Waals surface area contributed by atoms with Crippen LogP contribution in [0.15, 0.2) is 35.3 Å². The van der Waals surface area contributed by atoms with Gasteiger partial charge in [0.2, 0.25) is 0 Å². The standard InChI is InChI=1S/C13H9F2NO3/c1-7-5-11(17)8(13(18)19)6-16(7)12-9(14)3-2-4-10(12)15/h2-6H,1H3,(H,18,19). The van der Waals surface area contributed by atoms with Crippen LogP contribution in [0.2, 0.25) is 0 Å². The van der Waals surface area contributed by atoms with Crippen molar-refractivity contribution in [2.45, 2.75) is 6.92 Å². The number of aromatic carboxylic acids is 1. The Morgan fingerprint density at radius 2 is 1.84 bits per heavy atom. The van der Waals surface area contributed by atoms with E-state index in [1.807, 2.05) is 0 Å². The number of benzene rings is 1. The fourth-order valence-electron chi connectivity index (χ4n) is 1.75. The van der Waals surface area contributed by atoms with E-state index in [1.54, 1.807) is 0 Å². The third-order valence-corrected chi connectivity index (χ3v) is 2.65. The van der Waals surface area contributed by atoms with Crippen molar-refractivity contribution in [2.75, 3.05) is 0 Å². The van der Waals surface area contributed by atoms with Gasteiger partial charge in [-0.1, -0.05) is 6.07 Å². The molecule has 4 nitrogen and oxygen atoms in total. The lowest BCUT2D eigenvalue weighted by Gasteiger charge is -2.13. The number of pyridine rings is 1. The molecule has 98 valence electrons. The largest absolute Gasteiger partial charge is 0.477 e. The predicted octanol–water partition coefficient (Wildman–Crippen LogP) is 2.12. The summed E-state index contributed by atoms with van der Waals surface area (Å²) in [6, 6.07) is 4.33. The Kier molecular flexibility index (Phi) is 3.16. The Morgan fingerprint density at radius 3 is 2.37 bits per heavy atom. The van der Waals surface area contributed by atoms with Crippen molar-refractivity contribution in [1.29, 1.82) is 0 Å². The van der Waals surface area contributed by atoms with E-state index in [2.05, 4.69) is 0 Å². The molecule has 0 bridgehead atoms. The molecule has 0 aliphatic heterocycles. The highest BCUT2D eigenvalue weighted by atomic mass is 19.1. The van der Waals surface area contributed by atoms with E-state index in [-0.39, 0.29) is 5.69 Å². The van der Waals surface area contributed by atoms with Crippen molar-refractivity contribution in [3.05, 3.63) is 63.6 Å². The second kappa shape index (κ2) is 4.64. The van der Waals surface area contributed by atoms with Crippen LogP contribution < -0.4 is 5.43 Å². The van der Waals surface area contributed by atoms with Gasteiger partial charge in [0.25, 0.3) is 0 Å². The van der Waals surface area contributed by atoms with E-state index in [1.165, 1.54) is 13.0 Å². The third-order valence-electron chi connectivity index (χ3n) is 2.65. The average Bonchev–Trinajstić information content (AvgIpc) is 2.30. The van der Waals surface area contributed by atoms with Gasteiger partial charge < -0.3 is 9.67 Å². The number of carboxylic acids is 1. The van der Waals surface area contributed by atoms with Gasteiger partial charge in [0.15, 0.2) is 5.43 Å². The summed E-state index contributed by atoms with van der Waals surface area (Å²) >= 11 is 0. The maximum Gasteiger partial charge on any atom is 0.341 e. The van der Waals surface area contributed by atoms with Crippen LogP contribution >= 0.6 is 0 Å². The molecule has 0 spiro atoms. The minimum absolute atomic E-state index is 0.235. The molecule has 0 unspecified atom stereocenters. The van der Waals surface area contributed by atoms with E-state index in [4.69, 9.17) is 5.11 Å². The lowest BCUT2D eigenvalue weighted by molar-refractivity contribution is 0.0694. The summed E-state index contributed by atoms with van der Waals surface area (Å²) in [7, 11) is 0. The van der Waals surface area contributed by atoms with Crippen molar-refractivity contribution >= 4 is 5.97 Å². The van der Waals surface area contributed by atoms with Gasteiger partial charge in [-0.2, -0.15) is 0 Å². The lowest BCUT2D eigenvalue weighted by atomic mass is 10.2. The summed E-state index contributed by atoms with van der Waals surface area (Å²) in [6.07, 6.45) is 0.918. The van der Waals surface area contributed by atoms with Gasteiger partial charge in [-0.3, -0.25) is 4.79 Å². The highest BCUT2D eigenvalue weighted by molar-refractivity contribution is 5.87. The number of aryl methyl sites for hydroxylation is 1. The maximum atomic E-state index is 13.7. The summed E-state index contributed by atoms with van der Waals surface area (Å²) in [6.45, 7) is 1.46. The van der Waals surface area contributed by atoms with Crippen LogP contribution in [0.4, 0.5) is 8.78 Å². The first-order valence-corrected chi connectivity index (χ1v) is 5.33. The average molecular weight is 265 g/mol. The molecule has 2 rings (SSSR count). The number of rotatable bonds is 2. The van der Waals surface area contributed by atoms with E-state index in [9.17, 15) is 18.4 Å². The number of nitrogens with zero attached hydrogens (tertiary/aromatic N) is 1. The van der Waals surface area contributed by atoms with Gasteiger partial charge in [-0.15, -0.1) is 0 Å². The number of hydrogen-bond donors (Lipinski definition) is 1. The molecule has 0 radical (unpaired) electrons. The molecule has 1 aromatic heterocycles. The minimum atomic E-state index is -1.45. The minimum Gasteiger partial charge on any atom is -0.477 e. The molecule has 2 aromatic rings. The van der Waals surface area contributed by atoms with Gasteiger partial charge in [-0.25, -0.2) is 13.6 Å². The summed E-state index contributed by atoms with van der Waals surface area (Å²) in [5.74, 6) is -3.14. The van der Waals surface area contributed by atoms with Gasteiger partial charge in [0.05, 0.1) is 0 Å². The molecule has 1 N–H and O–H groups in total. The second-order valence-electron chi connectivity index (χ2n) is 3.94. The van der Waals surface area contributed by atoms with Crippen molar-refractivity contribution in [3.63, 3.8) is 0 Å². The molecule has 1 heterocycles. The summed E-state index contributed by atoms with van der Waals surface area (Å²) < 4.78 is 28.3. The first-order chi connectivity index (χ1) is 8.91. The molecule has 0 fully saturated rings. The third kappa shape index (κ3) is 2.24. The molecule has 0 amide bonds. The van der Waals surface area contributed by atoms with Crippen molar-refractivity contribution in [1.82, 2.24) is 4.57 Å². The first-order valence-electron chi connectivity index (χ1n) is 5.33. The summed E-state index contributed by atoms with van der Waals surface area (Å²) in [5.41, 5.74) is -1.44. The van der Waals surface area contributed by atoms with E-state index < -0.39 is 34.3 Å². The zero-order valence-electron chi connectivity index (χ0n) is 9.85. The molecule has 0 saturated carbocycles. The number of aromatic nitrogens is 1. The molecule has 6 heteroatoms. The van der Waals surface area contributed by atoms with Gasteiger partial charge >= 0.3 is 5.97 Å². The van der Waals surface area contributed by atoms with Crippen LogP contribution in [-0.4, -0.2) is 15.6 Å². The normalized spacial score (nSPS) is 10.5. The fraction of sp³-hybridized carbons (Fsp3) is 0.0769. The van der Waals surface area contributed by atoms with Crippen LogP contribution in [-0.2, 0) is 0 Å². The van der Waals surface area contributed by atoms with Crippen LogP contribution in [0.5, 0.6) is 0 Å². The van der Waals surface area contributed by atoms with E-state index in [0.717, 1.165) is 29.0 Å². The molecular formula is C13H9F2NO3. The van der Waals surface area contributed by atoms with Crippen molar-refractivity contribution in [2.24, 2.45) is 0 Å². The SMILES string of the molecule is Cc1cc(=O)c(C(=O)O)cn1-c1c(F)cccc1F. The van der Waals surface area contributed by atoms with Crippen molar-refractivity contribution < 1.29 is 18.7 Å². The Hall–Kier alpha value is -2.50. The van der Waals surface area contributed by atoms with E-state index >= 15 is 0 Å². The molecule has 0 atom stereocenters. The highest BCUT2D eigenvalue weighted by Crippen LogP contribution is 2.19. The fourth-order valence-corrected chi connectivity index (χ4v) is 1.75. The topological polar surface area (TPSA) is 59.3 Å². The molecule has 0 saturated heterocycles. The van der Waals surface area contributed by atoms with Crippen molar-refractivity contribution in [3.8, 4) is 5.69 Å². The quantitative estimate of drug-likeness (QED) is 0.904. The Labute approximate surface area is 106 Å². The van der Waals surface area contributed by atoms with Crippen LogP contribution in [0, 0.1) is 18.6 Å². The number of carboxylic acid groups (broad SMARTS) is 1. The zero-order chi connectivity index (χ0) is 14.2. The van der Waals surface area contributed by atoms with Crippen LogP contribution in [0.25, 0.3) is 5.69 Å². The molecule has 19 heavy (non-hydrogen) atoms. The number of hydrogen-bond acceptors (Lipinski definition) is 2. The molecule has 1 aromatic carbocycles. The number of halogens is 2. The lowest BCUT2D eigenvalue weighted by Crippen LogP contribution is -2.19. The smallest absolute Gasteiger partial charge is 0.341 e. The second-order valence-corrected chi connectivity index (χ2v) is 3.94. The van der Waals surface area contributed by atoms with Crippen LogP contribution in [0.1, 0.15) is 16.1 Å². The maximum absolute atomic E-state index is 13.7. The molecular weight excluding hydrogens is 256 g/mol. The number of para-hydroxylation sites is 1. The van der Waals surface area contributed by atoms with Gasteiger partial charge in [0.1, 0.15) is 22.9 Å². The first kappa shape index (κ1) is 12.9. The van der Waals surface area contributed by atoms with Crippen LogP contribution in [0.3, 0.4) is 0 Å². The summed E-state index contributed by atoms with van der Waals surface area (Å²) in [4.78, 5) is 22.3. The van der Waals surface area contributed by atoms with Gasteiger partial charge in [0, 0.05) is 18.0 Å². The van der Waals surface area contributed by atoms with E-state index in [0.29, 0.717) is 0 Å². The molecule has 0 aliphatic carbocycles. The Bertz CT molecular complexity index is 702. The highest BCUT2D eigenvalue weighted by Gasteiger charge is 2.16. The monoisotopic (exact) mass is 265 g/mol. The zero-order valence-corrected chi connectivity index (χ0v) is 9.85. The van der Waals surface area contributed by atoms with Gasteiger partial charge in [-0.05, 0) is 19.1 Å². The predicted molar refractivity (Wildman–Crippen MR) is 63.7 cm³/mol. The number of carbonyl (C=O) groups is 1. The summed E-state index contributed by atoms with van der Waals surface area (Å²) in [5, 5.41) is 8.87. The molecule has 0 aliphatic rings. The Morgan fingerprint density at radius 1 is 1.26 bits per heavy atom. The Balaban J connectivity index is 2.80.